The van der Waals surface area contributed by atoms with Gasteiger partial charge in [0.1, 0.15) is 5.15 Å². The molecule has 2 aromatic heterocycles. The first-order chi connectivity index (χ1) is 14.4. The van der Waals surface area contributed by atoms with E-state index in [0.29, 0.717) is 11.2 Å². The van der Waals surface area contributed by atoms with E-state index in [4.69, 9.17) is 16.6 Å². The Balaban J connectivity index is 1.51. The van der Waals surface area contributed by atoms with Crippen LogP contribution in [-0.4, -0.2) is 69.7 Å². The molecular formula is C23H32ClN5O. The first-order valence-corrected chi connectivity index (χ1v) is 11.3. The fraction of sp³-hybridized carbons (Fsp3) is 0.565. The summed E-state index contributed by atoms with van der Waals surface area (Å²) in [5.74, 6) is 0. The van der Waals surface area contributed by atoms with Crippen LogP contribution in [0.1, 0.15) is 38.3 Å². The van der Waals surface area contributed by atoms with Crippen molar-refractivity contribution in [2.75, 3.05) is 38.5 Å². The Morgan fingerprint density at radius 3 is 2.67 bits per heavy atom. The summed E-state index contributed by atoms with van der Waals surface area (Å²) in [6.07, 6.45) is 5.29. The molecule has 0 atom stereocenters. The first kappa shape index (κ1) is 21.5. The van der Waals surface area contributed by atoms with E-state index in [9.17, 15) is 5.11 Å². The molecule has 0 spiro atoms. The Bertz CT molecular complexity index is 856. The summed E-state index contributed by atoms with van der Waals surface area (Å²) in [7, 11) is 2.17. The zero-order valence-electron chi connectivity index (χ0n) is 17.9. The van der Waals surface area contributed by atoms with Crippen LogP contribution < -0.4 is 5.32 Å². The maximum Gasteiger partial charge on any atom is 0.131 e. The van der Waals surface area contributed by atoms with Crippen LogP contribution in [0.3, 0.4) is 0 Å². The van der Waals surface area contributed by atoms with Crippen LogP contribution in [0.25, 0.3) is 11.3 Å². The second-order valence-electron chi connectivity index (χ2n) is 9.06. The van der Waals surface area contributed by atoms with E-state index in [-0.39, 0.29) is 0 Å². The molecule has 0 amide bonds. The minimum atomic E-state index is -0.546. The number of hydrogen-bond donors (Lipinski definition) is 2. The highest BCUT2D eigenvalue weighted by molar-refractivity contribution is 6.29. The normalized spacial score (nSPS) is 25.9. The first-order valence-electron chi connectivity index (χ1n) is 10.9. The molecule has 6 nitrogen and oxygen atoms in total. The molecule has 0 unspecified atom stereocenters. The van der Waals surface area contributed by atoms with E-state index in [1.165, 1.54) is 0 Å². The van der Waals surface area contributed by atoms with Gasteiger partial charge in [-0.1, -0.05) is 17.7 Å². The van der Waals surface area contributed by atoms with E-state index in [0.717, 1.165) is 81.0 Å². The van der Waals surface area contributed by atoms with E-state index < -0.39 is 5.60 Å². The summed E-state index contributed by atoms with van der Waals surface area (Å²) in [5, 5.41) is 14.4. The van der Waals surface area contributed by atoms with Gasteiger partial charge in [-0.25, -0.2) is 4.98 Å². The van der Waals surface area contributed by atoms with Crippen LogP contribution >= 0.6 is 11.6 Å². The maximum absolute atomic E-state index is 10.2. The standard InChI is InChI=1S/C23H32ClN5O/c1-23(30)8-6-17(7-9-23)26-21-14-22(24)25-15-19(21)20-5-3-4-18(27-20)16-29-12-10-28(2)11-13-29/h3-5,14-15,17,30H,6-13,16H2,1-2H3,(H,25,26). The number of pyridine rings is 2. The van der Waals surface area contributed by atoms with Crippen molar-refractivity contribution in [2.45, 2.75) is 50.8 Å². The smallest absolute Gasteiger partial charge is 0.131 e. The number of nitrogens with one attached hydrogen (secondary N) is 1. The van der Waals surface area contributed by atoms with Gasteiger partial charge >= 0.3 is 0 Å². The molecule has 0 bridgehead atoms. The Morgan fingerprint density at radius 2 is 1.93 bits per heavy atom. The lowest BCUT2D eigenvalue weighted by Crippen LogP contribution is -2.44. The number of piperazine rings is 1. The topological polar surface area (TPSA) is 64.5 Å². The number of likely N-dealkylation sites (N-methyl/N-ethyl adjacent to an activating group) is 1. The van der Waals surface area contributed by atoms with Crippen LogP contribution in [0, 0.1) is 0 Å². The minimum Gasteiger partial charge on any atom is -0.390 e. The maximum atomic E-state index is 10.2. The average Bonchev–Trinajstić information content (AvgIpc) is 2.72. The number of aliphatic hydroxyl groups is 1. The van der Waals surface area contributed by atoms with Gasteiger partial charge in [0.2, 0.25) is 0 Å². The lowest BCUT2D eigenvalue weighted by Gasteiger charge is -2.34. The summed E-state index contributed by atoms with van der Waals surface area (Å²) in [6.45, 7) is 7.13. The fourth-order valence-electron chi connectivity index (χ4n) is 4.31. The van der Waals surface area contributed by atoms with E-state index in [1.54, 1.807) is 0 Å². The Labute approximate surface area is 184 Å². The Hall–Kier alpha value is -1.73. The van der Waals surface area contributed by atoms with Gasteiger partial charge in [0.15, 0.2) is 0 Å². The highest BCUT2D eigenvalue weighted by Crippen LogP contribution is 2.33. The molecule has 1 aliphatic carbocycles. The molecule has 1 aliphatic heterocycles. The van der Waals surface area contributed by atoms with Crippen molar-refractivity contribution in [3.63, 3.8) is 0 Å². The van der Waals surface area contributed by atoms with Crippen molar-refractivity contribution in [2.24, 2.45) is 0 Å². The second-order valence-corrected chi connectivity index (χ2v) is 9.45. The average molecular weight is 430 g/mol. The van der Waals surface area contributed by atoms with Gasteiger partial charge in [0.25, 0.3) is 0 Å². The van der Waals surface area contributed by atoms with Gasteiger partial charge in [-0.15, -0.1) is 0 Å². The third kappa shape index (κ3) is 5.49. The number of anilines is 1. The second kappa shape index (κ2) is 9.18. The molecule has 7 heteroatoms. The summed E-state index contributed by atoms with van der Waals surface area (Å²) in [6, 6.07) is 8.41. The van der Waals surface area contributed by atoms with Crippen LogP contribution in [0.4, 0.5) is 5.69 Å². The molecule has 2 aliphatic rings. The highest BCUT2D eigenvalue weighted by Gasteiger charge is 2.29. The van der Waals surface area contributed by atoms with Gasteiger partial charge in [-0.3, -0.25) is 9.88 Å². The summed E-state index contributed by atoms with van der Waals surface area (Å²) >= 11 is 6.22. The largest absolute Gasteiger partial charge is 0.390 e. The molecular weight excluding hydrogens is 398 g/mol. The van der Waals surface area contributed by atoms with Crippen molar-refractivity contribution in [1.29, 1.82) is 0 Å². The quantitative estimate of drug-likeness (QED) is 0.707. The molecule has 2 aromatic rings. The highest BCUT2D eigenvalue weighted by atomic mass is 35.5. The SMILES string of the molecule is CN1CCN(Cc2cccc(-c3cnc(Cl)cc3NC3CCC(C)(O)CC3)n2)CC1. The Morgan fingerprint density at radius 1 is 1.20 bits per heavy atom. The molecule has 162 valence electrons. The number of nitrogens with zero attached hydrogens (tertiary/aromatic N) is 4. The predicted octanol–water partition coefficient (Wildman–Crippen LogP) is 3.65. The van der Waals surface area contributed by atoms with E-state index in [1.807, 2.05) is 25.3 Å². The third-order valence-corrected chi connectivity index (χ3v) is 6.56. The summed E-state index contributed by atoms with van der Waals surface area (Å²) in [4.78, 5) is 14.1. The van der Waals surface area contributed by atoms with Crippen LogP contribution in [-0.2, 0) is 6.54 Å². The number of halogens is 1. The van der Waals surface area contributed by atoms with Crippen molar-refractivity contribution in [1.82, 2.24) is 19.8 Å². The monoisotopic (exact) mass is 429 g/mol. The van der Waals surface area contributed by atoms with Gasteiger partial charge in [-0.05, 0) is 57.9 Å². The number of aromatic nitrogens is 2. The van der Waals surface area contributed by atoms with E-state index in [2.05, 4.69) is 39.3 Å². The zero-order valence-corrected chi connectivity index (χ0v) is 18.7. The number of rotatable bonds is 5. The molecule has 30 heavy (non-hydrogen) atoms. The van der Waals surface area contributed by atoms with Gasteiger partial charge < -0.3 is 15.3 Å². The molecule has 0 radical (unpaired) electrons. The molecule has 0 aromatic carbocycles. The van der Waals surface area contributed by atoms with Crippen LogP contribution in [0.15, 0.2) is 30.5 Å². The third-order valence-electron chi connectivity index (χ3n) is 6.36. The van der Waals surface area contributed by atoms with Gasteiger partial charge in [0.05, 0.1) is 17.0 Å². The summed E-state index contributed by atoms with van der Waals surface area (Å²) in [5.41, 5.74) is 3.38. The van der Waals surface area contributed by atoms with Gasteiger partial charge in [0, 0.05) is 56.2 Å². The lowest BCUT2D eigenvalue weighted by atomic mass is 9.83. The van der Waals surface area contributed by atoms with Crippen molar-refractivity contribution in [3.8, 4) is 11.3 Å². The molecule has 1 saturated carbocycles. The zero-order chi connectivity index (χ0) is 21.1. The fourth-order valence-corrected chi connectivity index (χ4v) is 4.47. The van der Waals surface area contributed by atoms with E-state index >= 15 is 0 Å². The van der Waals surface area contributed by atoms with Crippen LogP contribution in [0.5, 0.6) is 0 Å². The molecule has 1 saturated heterocycles. The predicted molar refractivity (Wildman–Crippen MR) is 122 cm³/mol. The van der Waals surface area contributed by atoms with Crippen molar-refractivity contribution < 1.29 is 5.11 Å². The Kier molecular flexibility index (Phi) is 6.58. The summed E-state index contributed by atoms with van der Waals surface area (Å²) < 4.78 is 0. The molecule has 4 rings (SSSR count). The van der Waals surface area contributed by atoms with Gasteiger partial charge in [-0.2, -0.15) is 0 Å². The number of hydrogen-bond acceptors (Lipinski definition) is 6. The molecule has 2 N–H and O–H groups in total. The van der Waals surface area contributed by atoms with Crippen LogP contribution in [0.2, 0.25) is 5.15 Å². The molecule has 2 fully saturated rings. The lowest BCUT2D eigenvalue weighted by molar-refractivity contribution is 0.0196. The minimum absolute atomic E-state index is 0.316. The van der Waals surface area contributed by atoms with Crippen molar-refractivity contribution >= 4 is 17.3 Å². The molecule has 3 heterocycles. The van der Waals surface area contributed by atoms with Crippen molar-refractivity contribution in [3.05, 3.63) is 41.3 Å².